The van der Waals surface area contributed by atoms with E-state index < -0.39 is 6.09 Å². The molecule has 1 aromatic heterocycles. The number of amides is 1. The highest BCUT2D eigenvalue weighted by Crippen LogP contribution is 2.27. The van der Waals surface area contributed by atoms with E-state index in [2.05, 4.69) is 33.2 Å². The molecule has 1 fully saturated rings. The Bertz CT molecular complexity index is 1030. The van der Waals surface area contributed by atoms with Gasteiger partial charge in [0.15, 0.2) is 5.78 Å². The molecular formula is C23H23IN2O4. The summed E-state index contributed by atoms with van der Waals surface area (Å²) in [7, 11) is 0. The monoisotopic (exact) mass is 518 g/mol. The van der Waals surface area contributed by atoms with Gasteiger partial charge >= 0.3 is 6.09 Å². The van der Waals surface area contributed by atoms with E-state index in [-0.39, 0.29) is 24.2 Å². The van der Waals surface area contributed by atoms with Crippen LogP contribution in [-0.2, 0) is 4.74 Å². The molecule has 1 aliphatic heterocycles. The number of carbonyl (C=O) groups is 2. The van der Waals surface area contributed by atoms with Crippen molar-refractivity contribution in [1.82, 2.24) is 5.32 Å². The highest BCUT2D eigenvalue weighted by Gasteiger charge is 2.31. The van der Waals surface area contributed by atoms with Crippen LogP contribution in [0.5, 0.6) is 0 Å². The summed E-state index contributed by atoms with van der Waals surface area (Å²) >= 11 is 2.23. The van der Waals surface area contributed by atoms with Crippen LogP contribution in [0.1, 0.15) is 23.2 Å². The summed E-state index contributed by atoms with van der Waals surface area (Å²) in [6, 6.07) is 15.0. The number of benzene rings is 2. The fraction of sp³-hybridized carbons (Fsp3) is 0.304. The predicted octanol–water partition coefficient (Wildman–Crippen LogP) is 5.08. The van der Waals surface area contributed by atoms with Crippen LogP contribution in [0, 0.1) is 15.4 Å². The zero-order valence-electron chi connectivity index (χ0n) is 16.4. The Morgan fingerprint density at radius 3 is 2.83 bits per heavy atom. The third-order valence-electron chi connectivity index (χ3n) is 5.50. The Labute approximate surface area is 188 Å². The molecule has 2 heterocycles. The SMILES string of the molecule is O=C(Nc1ccc2ccoc2c1)OCCC1CNCCC1C(=O)c1ccc(I)cc1. The summed E-state index contributed by atoms with van der Waals surface area (Å²) in [6.07, 6.45) is 2.53. The lowest BCUT2D eigenvalue weighted by Crippen LogP contribution is -2.41. The number of hydrogen-bond donors (Lipinski definition) is 2. The molecule has 0 aliphatic carbocycles. The number of ether oxygens (including phenoxy) is 1. The average Bonchev–Trinajstić information content (AvgIpc) is 3.22. The predicted molar refractivity (Wildman–Crippen MR) is 124 cm³/mol. The molecule has 2 atom stereocenters. The minimum atomic E-state index is -0.509. The number of rotatable bonds is 6. The first-order valence-corrected chi connectivity index (χ1v) is 11.1. The normalized spacial score (nSPS) is 18.8. The Balaban J connectivity index is 1.30. The van der Waals surface area contributed by atoms with Gasteiger partial charge in [-0.05, 0) is 84.8 Å². The summed E-state index contributed by atoms with van der Waals surface area (Å²) in [5, 5.41) is 7.05. The van der Waals surface area contributed by atoms with Crippen molar-refractivity contribution in [3.63, 3.8) is 0 Å². The van der Waals surface area contributed by atoms with Crippen molar-refractivity contribution in [3.8, 4) is 0 Å². The molecule has 4 rings (SSSR count). The van der Waals surface area contributed by atoms with Crippen LogP contribution in [0.15, 0.2) is 59.2 Å². The lowest BCUT2D eigenvalue weighted by atomic mass is 9.79. The van der Waals surface area contributed by atoms with Gasteiger partial charge in [0.2, 0.25) is 0 Å². The third-order valence-corrected chi connectivity index (χ3v) is 6.22. The third kappa shape index (κ3) is 5.02. The van der Waals surface area contributed by atoms with Gasteiger partial charge in [-0.25, -0.2) is 4.79 Å². The van der Waals surface area contributed by atoms with Crippen molar-refractivity contribution in [2.45, 2.75) is 12.8 Å². The van der Waals surface area contributed by atoms with Gasteiger partial charge < -0.3 is 14.5 Å². The van der Waals surface area contributed by atoms with E-state index in [9.17, 15) is 9.59 Å². The number of halogens is 1. The molecule has 2 N–H and O–H groups in total. The van der Waals surface area contributed by atoms with E-state index >= 15 is 0 Å². The number of nitrogens with one attached hydrogen (secondary N) is 2. The lowest BCUT2D eigenvalue weighted by molar-refractivity contribution is 0.0804. The largest absolute Gasteiger partial charge is 0.464 e. The minimum absolute atomic E-state index is 0.0562. The highest BCUT2D eigenvalue weighted by atomic mass is 127. The van der Waals surface area contributed by atoms with Crippen molar-refractivity contribution in [2.24, 2.45) is 11.8 Å². The number of Topliss-reactive ketones (excluding diaryl/α,β-unsaturated/α-hetero) is 1. The molecule has 2 aromatic carbocycles. The number of carbonyl (C=O) groups excluding carboxylic acids is 2. The second kappa shape index (κ2) is 9.61. The molecule has 1 aliphatic rings. The molecule has 0 bridgehead atoms. The summed E-state index contributed by atoms with van der Waals surface area (Å²) in [6.45, 7) is 1.84. The van der Waals surface area contributed by atoms with Gasteiger partial charge in [0.1, 0.15) is 5.58 Å². The van der Waals surface area contributed by atoms with Gasteiger partial charge in [0.05, 0.1) is 12.9 Å². The molecule has 156 valence electrons. The first kappa shape index (κ1) is 20.9. The standard InChI is InChI=1S/C23H23IN2O4/c24-18-4-1-16(2-5-18)22(27)20-7-10-25-14-17(20)9-12-30-23(28)26-19-6-3-15-8-11-29-21(15)13-19/h1-6,8,11,13,17,20,25H,7,9-10,12,14H2,(H,26,28). The van der Waals surface area contributed by atoms with Gasteiger partial charge in [-0.2, -0.15) is 0 Å². The van der Waals surface area contributed by atoms with E-state index in [1.54, 1.807) is 18.4 Å². The Hall–Kier alpha value is -2.39. The van der Waals surface area contributed by atoms with Crippen LogP contribution in [0.2, 0.25) is 0 Å². The van der Waals surface area contributed by atoms with Gasteiger partial charge in [-0.1, -0.05) is 12.1 Å². The van der Waals surface area contributed by atoms with Gasteiger partial charge in [0.25, 0.3) is 0 Å². The summed E-state index contributed by atoms with van der Waals surface area (Å²) in [5.41, 5.74) is 2.07. The molecule has 30 heavy (non-hydrogen) atoms. The van der Waals surface area contributed by atoms with Crippen LogP contribution >= 0.6 is 22.6 Å². The van der Waals surface area contributed by atoms with Crippen molar-refractivity contribution in [3.05, 3.63) is 63.9 Å². The van der Waals surface area contributed by atoms with Crippen LogP contribution in [0.3, 0.4) is 0 Å². The minimum Gasteiger partial charge on any atom is -0.464 e. The number of fused-ring (bicyclic) bond motifs is 1. The second-order valence-electron chi connectivity index (χ2n) is 7.45. The first-order chi connectivity index (χ1) is 14.6. The molecule has 1 saturated heterocycles. The molecule has 2 unspecified atom stereocenters. The molecule has 0 saturated carbocycles. The second-order valence-corrected chi connectivity index (χ2v) is 8.70. The van der Waals surface area contributed by atoms with Crippen LogP contribution in [-0.4, -0.2) is 31.6 Å². The topological polar surface area (TPSA) is 80.6 Å². The zero-order valence-corrected chi connectivity index (χ0v) is 18.6. The Morgan fingerprint density at radius 1 is 1.17 bits per heavy atom. The fourth-order valence-electron chi connectivity index (χ4n) is 3.89. The van der Waals surface area contributed by atoms with E-state index in [1.165, 1.54) is 0 Å². The van der Waals surface area contributed by atoms with Crippen molar-refractivity contribution < 1.29 is 18.7 Å². The van der Waals surface area contributed by atoms with Crippen molar-refractivity contribution in [1.29, 1.82) is 0 Å². The summed E-state index contributed by atoms with van der Waals surface area (Å²) in [4.78, 5) is 25.1. The van der Waals surface area contributed by atoms with Gasteiger partial charge in [-0.15, -0.1) is 0 Å². The van der Waals surface area contributed by atoms with Crippen LogP contribution in [0.25, 0.3) is 11.0 Å². The Morgan fingerprint density at radius 2 is 2.00 bits per heavy atom. The summed E-state index contributed by atoms with van der Waals surface area (Å²) < 4.78 is 11.8. The molecule has 7 heteroatoms. The van der Waals surface area contributed by atoms with Gasteiger partial charge in [-0.3, -0.25) is 10.1 Å². The maximum Gasteiger partial charge on any atom is 0.411 e. The maximum absolute atomic E-state index is 13.0. The van der Waals surface area contributed by atoms with E-state index in [4.69, 9.17) is 9.15 Å². The van der Waals surface area contributed by atoms with E-state index in [1.807, 2.05) is 36.4 Å². The quantitative estimate of drug-likeness (QED) is 0.351. The molecule has 6 nitrogen and oxygen atoms in total. The molecule has 0 radical (unpaired) electrons. The van der Waals surface area contributed by atoms with Crippen LogP contribution < -0.4 is 10.6 Å². The lowest BCUT2D eigenvalue weighted by Gasteiger charge is -2.31. The van der Waals surface area contributed by atoms with Crippen LogP contribution in [0.4, 0.5) is 10.5 Å². The number of hydrogen-bond acceptors (Lipinski definition) is 5. The highest BCUT2D eigenvalue weighted by molar-refractivity contribution is 14.1. The zero-order chi connectivity index (χ0) is 20.9. The molecular weight excluding hydrogens is 495 g/mol. The van der Waals surface area contributed by atoms with Gasteiger partial charge in [0, 0.05) is 32.2 Å². The molecule has 3 aromatic rings. The fourth-order valence-corrected chi connectivity index (χ4v) is 4.25. The smallest absolute Gasteiger partial charge is 0.411 e. The molecule has 1 amide bonds. The Kier molecular flexibility index (Phi) is 6.69. The number of ketones is 1. The van der Waals surface area contributed by atoms with Crippen molar-refractivity contribution >= 4 is 51.1 Å². The number of furan rings is 1. The van der Waals surface area contributed by atoms with E-state index in [0.717, 1.165) is 34.0 Å². The number of piperidine rings is 1. The van der Waals surface area contributed by atoms with Crippen molar-refractivity contribution in [2.75, 3.05) is 25.0 Å². The summed E-state index contributed by atoms with van der Waals surface area (Å²) in [5.74, 6) is 0.256. The molecule has 0 spiro atoms. The average molecular weight is 518 g/mol. The maximum atomic E-state index is 13.0. The first-order valence-electron chi connectivity index (χ1n) is 10.0. The van der Waals surface area contributed by atoms with E-state index in [0.29, 0.717) is 17.7 Å². The number of anilines is 1.